The Hall–Kier alpha value is -3.37. The number of rotatable bonds is 8. The van der Waals surface area contributed by atoms with Crippen LogP contribution in [0.3, 0.4) is 0 Å². The van der Waals surface area contributed by atoms with E-state index in [-0.39, 0.29) is 17.9 Å². The summed E-state index contributed by atoms with van der Waals surface area (Å²) in [4.78, 5) is 15.4. The molecule has 3 heteroatoms. The fourth-order valence-corrected chi connectivity index (χ4v) is 19.6. The van der Waals surface area contributed by atoms with Crippen molar-refractivity contribution in [3.05, 3.63) is 149 Å². The van der Waals surface area contributed by atoms with Gasteiger partial charge in [-0.05, 0) is 0 Å². The van der Waals surface area contributed by atoms with E-state index in [9.17, 15) is 4.79 Å². The number of hydrogen-bond donors (Lipinski definition) is 0. The van der Waals surface area contributed by atoms with Crippen LogP contribution in [0, 0.1) is 11.8 Å². The number of allylic oxidation sites excluding steroid dienone is 1. The second kappa shape index (κ2) is 10.8. The predicted molar refractivity (Wildman–Crippen MR) is 160 cm³/mol. The van der Waals surface area contributed by atoms with E-state index in [4.69, 9.17) is 0 Å². The zero-order chi connectivity index (χ0) is 26.0. The van der Waals surface area contributed by atoms with Crippen molar-refractivity contribution in [1.29, 1.82) is 0 Å². The second-order valence-electron chi connectivity index (χ2n) is 10.5. The maximum atomic E-state index is 13.2. The fourth-order valence-electron chi connectivity index (χ4n) is 6.68. The van der Waals surface area contributed by atoms with Crippen molar-refractivity contribution in [3.8, 4) is 0 Å². The Balaban J connectivity index is 1.57. The van der Waals surface area contributed by atoms with E-state index >= 15 is 0 Å². The first kappa shape index (κ1) is 24.9. The number of fused-ring (bicyclic) bond motifs is 1. The number of β-lactam (4-membered cyclic amide) rings is 1. The molecule has 0 unspecified atom stereocenters. The molecule has 2 heterocycles. The minimum absolute atomic E-state index is 0.0434. The second-order valence-corrected chi connectivity index (χ2v) is 20.9. The summed E-state index contributed by atoms with van der Waals surface area (Å²) in [5, 5.41) is 0. The van der Waals surface area contributed by atoms with Gasteiger partial charge >= 0.3 is 231 Å². The van der Waals surface area contributed by atoms with Gasteiger partial charge in [0.05, 0.1) is 0 Å². The molecule has 6 rings (SSSR count). The number of nitrogens with zero attached hydrogens (tertiary/aromatic N) is 1. The summed E-state index contributed by atoms with van der Waals surface area (Å²) in [6.45, 7) is 4.70. The van der Waals surface area contributed by atoms with Gasteiger partial charge in [-0.1, -0.05) is 0 Å². The van der Waals surface area contributed by atoms with Gasteiger partial charge in [0.1, 0.15) is 0 Å². The van der Waals surface area contributed by atoms with Crippen molar-refractivity contribution < 1.29 is 4.79 Å². The van der Waals surface area contributed by atoms with Gasteiger partial charge in [0.25, 0.3) is 0 Å². The third kappa shape index (κ3) is 4.35. The fraction of sp³-hybridized carbons (Fsp3) is 0.171. The van der Waals surface area contributed by atoms with Gasteiger partial charge in [0.15, 0.2) is 0 Å². The molecule has 2 nitrogen and oxygen atoms in total. The number of carbonyl (C=O) groups is 1. The molecule has 188 valence electrons. The molecule has 1 amide bonds. The summed E-state index contributed by atoms with van der Waals surface area (Å²) in [7, 11) is 0. The monoisotopic (exact) mass is 603 g/mol. The van der Waals surface area contributed by atoms with Crippen molar-refractivity contribution in [2.75, 3.05) is 6.54 Å². The van der Waals surface area contributed by atoms with Crippen LogP contribution in [-0.4, -0.2) is 41.8 Å². The van der Waals surface area contributed by atoms with Crippen molar-refractivity contribution in [2.45, 2.75) is 18.9 Å². The summed E-state index contributed by atoms with van der Waals surface area (Å²) >= 11 is -3.63. The van der Waals surface area contributed by atoms with Crippen LogP contribution in [0.5, 0.6) is 0 Å². The predicted octanol–water partition coefficient (Wildman–Crippen LogP) is 4.90. The van der Waals surface area contributed by atoms with Crippen molar-refractivity contribution in [2.24, 2.45) is 11.8 Å². The van der Waals surface area contributed by atoms with Crippen molar-refractivity contribution >= 4 is 35.0 Å². The molecule has 4 aromatic carbocycles. The Morgan fingerprint density at radius 1 is 0.711 bits per heavy atom. The molecule has 0 aliphatic carbocycles. The summed E-state index contributed by atoms with van der Waals surface area (Å²) in [6, 6.07) is 44.4. The Labute approximate surface area is 230 Å². The average molecular weight is 602 g/mol. The molecule has 4 aromatic rings. The standard InChI is InChI=1S/C17H18NO.3C6H5.Sn/c1-3-7-14-16-15(10-13-8-5-4-6-9-13)12(2)11-18(16)17(14)19;3*1-2-4-6-5-3-1;/h2-6,8-9,14-16H,1,7,10-11H2;3*1-5H;/t14-,15+,16-;;;;/m1..../s1. The summed E-state index contributed by atoms with van der Waals surface area (Å²) in [5.41, 5.74) is 2.77. The van der Waals surface area contributed by atoms with E-state index in [2.05, 4.69) is 137 Å². The van der Waals surface area contributed by atoms with Crippen LogP contribution in [0.15, 0.2) is 144 Å². The molecule has 38 heavy (non-hydrogen) atoms. The molecule has 2 aliphatic rings. The molecule has 2 fully saturated rings. The first-order valence-corrected chi connectivity index (χ1v) is 19.5. The maximum absolute atomic E-state index is 13.2. The molecule has 0 N–H and O–H groups in total. The summed E-state index contributed by atoms with van der Waals surface area (Å²) in [5.74, 6) is 0.644. The molecule has 0 saturated carbocycles. The molecule has 3 atom stereocenters. The third-order valence-corrected chi connectivity index (χ3v) is 21.4. The van der Waals surface area contributed by atoms with Gasteiger partial charge in [-0.15, -0.1) is 0 Å². The van der Waals surface area contributed by atoms with E-state index in [1.807, 2.05) is 6.08 Å². The average Bonchev–Trinajstić information content (AvgIpc) is 3.29. The van der Waals surface area contributed by atoms with Crippen LogP contribution < -0.4 is 10.7 Å². The number of carbonyl (C=O) groups excluding carboxylic acids is 1. The van der Waals surface area contributed by atoms with E-state index < -0.39 is 18.4 Å². The van der Waals surface area contributed by atoms with Crippen LogP contribution in [0.25, 0.3) is 0 Å². The zero-order valence-corrected chi connectivity index (χ0v) is 24.5. The van der Waals surface area contributed by atoms with Crippen LogP contribution in [0.2, 0.25) is 0 Å². The van der Waals surface area contributed by atoms with Gasteiger partial charge in [0, 0.05) is 0 Å². The molecular formula is C35H33NOSn. The molecule has 0 spiro atoms. The Morgan fingerprint density at radius 2 is 1.18 bits per heavy atom. The topological polar surface area (TPSA) is 20.3 Å². The number of benzene rings is 4. The van der Waals surface area contributed by atoms with Crippen LogP contribution in [-0.2, 0) is 11.2 Å². The third-order valence-electron chi connectivity index (χ3n) is 8.42. The normalized spacial score (nSPS) is 21.7. The zero-order valence-electron chi connectivity index (χ0n) is 21.6. The SMILES string of the molecule is C=CC[C@H]1C(=O)N2C/C(=[CH]\[Sn]([c]3ccccc3)([c]3ccccc3)[c]3ccccc3)[C@H](Cc3ccccc3)[C@@H]12. The van der Waals surface area contributed by atoms with Gasteiger partial charge in [-0.3, -0.25) is 0 Å². The van der Waals surface area contributed by atoms with Crippen molar-refractivity contribution in [3.63, 3.8) is 0 Å². The van der Waals surface area contributed by atoms with Crippen LogP contribution in [0.1, 0.15) is 12.0 Å². The Kier molecular flexibility index (Phi) is 7.07. The first-order chi connectivity index (χ1) is 18.7. The van der Waals surface area contributed by atoms with E-state index in [0.717, 1.165) is 19.4 Å². The van der Waals surface area contributed by atoms with E-state index in [1.165, 1.54) is 21.9 Å². The molecule has 0 radical (unpaired) electrons. The van der Waals surface area contributed by atoms with E-state index in [1.54, 1.807) is 0 Å². The van der Waals surface area contributed by atoms with E-state index in [0.29, 0.717) is 5.92 Å². The minimum atomic E-state index is -3.63. The van der Waals surface area contributed by atoms with Crippen molar-refractivity contribution in [1.82, 2.24) is 4.90 Å². The summed E-state index contributed by atoms with van der Waals surface area (Å²) in [6.07, 6.45) is 3.63. The molecule has 2 saturated heterocycles. The first-order valence-electron chi connectivity index (χ1n) is 13.6. The van der Waals surface area contributed by atoms with Gasteiger partial charge in [0.2, 0.25) is 0 Å². The molecule has 0 aromatic heterocycles. The quantitative estimate of drug-likeness (QED) is 0.160. The Morgan fingerprint density at radius 3 is 1.66 bits per heavy atom. The van der Waals surface area contributed by atoms with Gasteiger partial charge in [-0.25, -0.2) is 0 Å². The number of hydrogen-bond acceptors (Lipinski definition) is 1. The van der Waals surface area contributed by atoms with Gasteiger partial charge < -0.3 is 0 Å². The summed E-state index contributed by atoms with van der Waals surface area (Å²) < 4.78 is 7.02. The molecular weight excluding hydrogens is 569 g/mol. The van der Waals surface area contributed by atoms with Crippen LogP contribution >= 0.6 is 0 Å². The Bertz CT molecular complexity index is 1340. The molecule has 2 aliphatic heterocycles. The number of amides is 1. The van der Waals surface area contributed by atoms with Crippen LogP contribution in [0.4, 0.5) is 0 Å². The molecule has 0 bridgehead atoms. The van der Waals surface area contributed by atoms with Gasteiger partial charge in [-0.2, -0.15) is 0 Å².